The van der Waals surface area contributed by atoms with Gasteiger partial charge in [0, 0.05) is 18.8 Å². The van der Waals surface area contributed by atoms with Gasteiger partial charge in [-0.25, -0.2) is 4.98 Å². The van der Waals surface area contributed by atoms with Crippen LogP contribution in [-0.2, 0) is 9.53 Å². The molecule has 98 valence electrons. The molecule has 0 radical (unpaired) electrons. The van der Waals surface area contributed by atoms with E-state index in [9.17, 15) is 4.79 Å². The highest BCUT2D eigenvalue weighted by atomic mass is 16.5. The van der Waals surface area contributed by atoms with Gasteiger partial charge in [0.2, 0.25) is 0 Å². The van der Waals surface area contributed by atoms with Crippen LogP contribution in [0, 0.1) is 13.8 Å². The highest BCUT2D eigenvalue weighted by Gasteiger charge is 2.25. The number of ether oxygens (including phenoxy) is 1. The van der Waals surface area contributed by atoms with Crippen molar-refractivity contribution in [3.05, 3.63) is 23.4 Å². The minimum Gasteiger partial charge on any atom is -0.366 e. The Balaban J connectivity index is 2.02. The number of nitrogens with zero attached hydrogens (tertiary/aromatic N) is 2. The van der Waals surface area contributed by atoms with Crippen molar-refractivity contribution in [1.29, 1.82) is 0 Å². The lowest BCUT2D eigenvalue weighted by Crippen LogP contribution is -2.46. The second-order valence-corrected chi connectivity index (χ2v) is 4.78. The van der Waals surface area contributed by atoms with Gasteiger partial charge in [0.05, 0.1) is 6.61 Å². The first-order valence-corrected chi connectivity index (χ1v) is 6.11. The fraction of sp³-hybridized carbons (Fsp3) is 0.538. The molecule has 1 aromatic rings. The maximum Gasteiger partial charge on any atom is 0.255 e. The number of hydrogen-bond donors (Lipinski definition) is 1. The summed E-state index contributed by atoms with van der Waals surface area (Å²) in [5.74, 6) is 0.466. The number of pyridine rings is 1. The number of anilines is 1. The molecule has 1 fully saturated rings. The van der Waals surface area contributed by atoms with Crippen LogP contribution >= 0.6 is 0 Å². The van der Waals surface area contributed by atoms with Crippen molar-refractivity contribution in [2.45, 2.75) is 20.0 Å². The summed E-state index contributed by atoms with van der Waals surface area (Å²) in [5, 5.41) is 2.81. The number of aryl methyl sites for hydroxylation is 2. The molecule has 2 rings (SSSR count). The third-order valence-electron chi connectivity index (χ3n) is 2.91. The minimum atomic E-state index is -0.411. The first kappa shape index (κ1) is 13.0. The van der Waals surface area contributed by atoms with Gasteiger partial charge < -0.3 is 15.0 Å². The number of likely N-dealkylation sites (N-methyl/N-ethyl adjacent to an activating group) is 1. The van der Waals surface area contributed by atoms with Gasteiger partial charge >= 0.3 is 0 Å². The lowest BCUT2D eigenvalue weighted by molar-refractivity contribution is -0.132. The fourth-order valence-corrected chi connectivity index (χ4v) is 2.05. The molecule has 1 aromatic heterocycles. The quantitative estimate of drug-likeness (QED) is 0.848. The van der Waals surface area contributed by atoms with Gasteiger partial charge in [-0.3, -0.25) is 4.79 Å². The Hall–Kier alpha value is -1.46. The third-order valence-corrected chi connectivity index (χ3v) is 2.91. The van der Waals surface area contributed by atoms with Gasteiger partial charge in [-0.05, 0) is 38.6 Å². The monoisotopic (exact) mass is 249 g/mol. The van der Waals surface area contributed by atoms with Crippen LogP contribution in [0.4, 0.5) is 5.82 Å². The molecule has 1 aliphatic heterocycles. The number of hydrogen-bond acceptors (Lipinski definition) is 4. The van der Waals surface area contributed by atoms with Crippen molar-refractivity contribution >= 4 is 11.7 Å². The van der Waals surface area contributed by atoms with E-state index in [0.29, 0.717) is 19.0 Å². The van der Waals surface area contributed by atoms with Crippen LogP contribution in [0.15, 0.2) is 12.1 Å². The number of amides is 1. The summed E-state index contributed by atoms with van der Waals surface area (Å²) in [6, 6.07) is 3.83. The van der Waals surface area contributed by atoms with Gasteiger partial charge in [0.1, 0.15) is 11.9 Å². The summed E-state index contributed by atoms with van der Waals surface area (Å²) >= 11 is 0. The molecule has 5 heteroatoms. The summed E-state index contributed by atoms with van der Waals surface area (Å²) in [6.45, 7) is 5.97. The van der Waals surface area contributed by atoms with Crippen LogP contribution in [0.3, 0.4) is 0 Å². The lowest BCUT2D eigenvalue weighted by Gasteiger charge is -2.28. The molecule has 5 nitrogen and oxygen atoms in total. The van der Waals surface area contributed by atoms with E-state index < -0.39 is 6.10 Å². The van der Waals surface area contributed by atoms with Crippen molar-refractivity contribution in [3.8, 4) is 0 Å². The molecule has 1 N–H and O–H groups in total. The topological polar surface area (TPSA) is 54.5 Å². The van der Waals surface area contributed by atoms with Crippen LogP contribution in [0.5, 0.6) is 0 Å². The highest BCUT2D eigenvalue weighted by molar-refractivity contribution is 5.93. The molecular formula is C13H19N3O2. The Morgan fingerprint density at radius 1 is 1.50 bits per heavy atom. The van der Waals surface area contributed by atoms with Crippen molar-refractivity contribution in [1.82, 2.24) is 9.88 Å². The van der Waals surface area contributed by atoms with E-state index in [0.717, 1.165) is 17.8 Å². The molecule has 0 bridgehead atoms. The van der Waals surface area contributed by atoms with Crippen molar-refractivity contribution in [2.75, 3.05) is 32.1 Å². The molecule has 1 amide bonds. The molecule has 0 saturated carbocycles. The highest BCUT2D eigenvalue weighted by Crippen LogP contribution is 2.11. The summed E-state index contributed by atoms with van der Waals surface area (Å²) in [5.41, 5.74) is 1.98. The van der Waals surface area contributed by atoms with E-state index in [1.807, 2.05) is 33.0 Å². The van der Waals surface area contributed by atoms with Crippen LogP contribution in [0.1, 0.15) is 11.3 Å². The van der Waals surface area contributed by atoms with Crippen molar-refractivity contribution in [2.24, 2.45) is 0 Å². The molecular weight excluding hydrogens is 230 g/mol. The molecule has 2 heterocycles. The van der Waals surface area contributed by atoms with Crippen molar-refractivity contribution < 1.29 is 9.53 Å². The van der Waals surface area contributed by atoms with Crippen molar-refractivity contribution in [3.63, 3.8) is 0 Å². The Morgan fingerprint density at radius 3 is 2.94 bits per heavy atom. The van der Waals surface area contributed by atoms with Crippen LogP contribution in [-0.4, -0.2) is 48.6 Å². The van der Waals surface area contributed by atoms with Gasteiger partial charge in [-0.2, -0.15) is 0 Å². The smallest absolute Gasteiger partial charge is 0.255 e. The number of carbonyl (C=O) groups is 1. The zero-order valence-corrected chi connectivity index (χ0v) is 11.1. The van der Waals surface area contributed by atoms with E-state index in [2.05, 4.69) is 15.2 Å². The van der Waals surface area contributed by atoms with Crippen LogP contribution in [0.2, 0.25) is 0 Å². The molecule has 1 saturated heterocycles. The first-order chi connectivity index (χ1) is 8.54. The molecule has 18 heavy (non-hydrogen) atoms. The van der Waals surface area contributed by atoms with Gasteiger partial charge in [-0.15, -0.1) is 0 Å². The normalized spacial score (nSPS) is 20.7. The summed E-state index contributed by atoms with van der Waals surface area (Å²) in [4.78, 5) is 18.4. The van der Waals surface area contributed by atoms with E-state index in [4.69, 9.17) is 4.74 Å². The summed E-state index contributed by atoms with van der Waals surface area (Å²) < 4.78 is 5.46. The number of morpholine rings is 1. The zero-order chi connectivity index (χ0) is 13.1. The molecule has 1 aliphatic rings. The SMILES string of the molecule is Cc1cc(C)nc(NC(=O)C2CN(C)CCO2)c1. The average Bonchev–Trinajstić information content (AvgIpc) is 2.27. The second kappa shape index (κ2) is 5.46. The molecule has 1 unspecified atom stereocenters. The molecule has 0 spiro atoms. The molecule has 0 aliphatic carbocycles. The maximum atomic E-state index is 12.0. The lowest BCUT2D eigenvalue weighted by atomic mass is 10.2. The average molecular weight is 249 g/mol. The standard InChI is InChI=1S/C13H19N3O2/c1-9-6-10(2)14-12(7-9)15-13(17)11-8-16(3)4-5-18-11/h6-7,11H,4-5,8H2,1-3H3,(H,14,15,17). The Bertz CT molecular complexity index is 428. The van der Waals surface area contributed by atoms with Gasteiger partial charge in [0.25, 0.3) is 5.91 Å². The number of rotatable bonds is 2. The molecule has 1 atom stereocenters. The van der Waals surface area contributed by atoms with Gasteiger partial charge in [-0.1, -0.05) is 0 Å². The van der Waals surface area contributed by atoms with E-state index >= 15 is 0 Å². The minimum absolute atomic E-state index is 0.126. The largest absolute Gasteiger partial charge is 0.366 e. The Morgan fingerprint density at radius 2 is 2.28 bits per heavy atom. The second-order valence-electron chi connectivity index (χ2n) is 4.78. The van der Waals surface area contributed by atoms with Gasteiger partial charge in [0.15, 0.2) is 0 Å². The first-order valence-electron chi connectivity index (χ1n) is 6.11. The van der Waals surface area contributed by atoms with E-state index in [1.165, 1.54) is 0 Å². The fourth-order valence-electron chi connectivity index (χ4n) is 2.05. The predicted molar refractivity (Wildman–Crippen MR) is 69.6 cm³/mol. The summed E-state index contributed by atoms with van der Waals surface area (Å²) in [6.07, 6.45) is -0.411. The number of nitrogens with one attached hydrogen (secondary N) is 1. The predicted octanol–water partition coefficient (Wildman–Crippen LogP) is 0.968. The van der Waals surface area contributed by atoms with E-state index in [-0.39, 0.29) is 5.91 Å². The summed E-state index contributed by atoms with van der Waals surface area (Å²) in [7, 11) is 1.98. The molecule has 0 aromatic carbocycles. The van der Waals surface area contributed by atoms with Crippen LogP contribution < -0.4 is 5.32 Å². The Labute approximate surface area is 107 Å². The number of carbonyl (C=O) groups excluding carboxylic acids is 1. The van der Waals surface area contributed by atoms with E-state index in [1.54, 1.807) is 0 Å². The Kier molecular flexibility index (Phi) is 3.93. The van der Waals surface area contributed by atoms with Crippen LogP contribution in [0.25, 0.3) is 0 Å². The third kappa shape index (κ3) is 3.27. The zero-order valence-electron chi connectivity index (χ0n) is 11.1. The maximum absolute atomic E-state index is 12.0. The number of aromatic nitrogens is 1.